The number of methoxy groups -OCH3 is 2. The minimum Gasteiger partial charge on any atom is -0.508 e. The average molecular weight is 890 g/mol. The number of phenols is 1. The summed E-state index contributed by atoms with van der Waals surface area (Å²) in [4.78, 5) is 53.5. The number of halogens is 7. The zero-order valence-electron chi connectivity index (χ0n) is 32.4. The summed E-state index contributed by atoms with van der Waals surface area (Å²) in [5.74, 6) is -21.2. The van der Waals surface area contributed by atoms with Gasteiger partial charge in [-0.15, -0.1) is 23.2 Å². The number of hydrogen-bond acceptors (Lipinski definition) is 7. The van der Waals surface area contributed by atoms with E-state index in [-0.39, 0.29) is 28.1 Å². The molecule has 9 nitrogen and oxygen atoms in total. The quantitative estimate of drug-likeness (QED) is 0.0330. The first-order chi connectivity index (χ1) is 29.6. The van der Waals surface area contributed by atoms with Crippen molar-refractivity contribution in [1.82, 2.24) is 0 Å². The molecule has 3 fully saturated rings. The summed E-state index contributed by atoms with van der Waals surface area (Å²) in [5, 5.41) is 12.4. The van der Waals surface area contributed by atoms with Gasteiger partial charge in [-0.1, -0.05) is 66.3 Å². The lowest BCUT2D eigenvalue weighted by molar-refractivity contribution is -0.125. The summed E-state index contributed by atoms with van der Waals surface area (Å²) in [7, 11) is 3.08. The summed E-state index contributed by atoms with van der Waals surface area (Å²) in [5.41, 5.74) is -0.0762. The van der Waals surface area contributed by atoms with E-state index < -0.39 is 104 Å². The normalized spacial score (nSPS) is 25.7. The van der Waals surface area contributed by atoms with Crippen molar-refractivity contribution in [3.05, 3.63) is 136 Å². The highest BCUT2D eigenvalue weighted by Gasteiger charge is 2.77. The molecule has 4 amide bonds. The van der Waals surface area contributed by atoms with Gasteiger partial charge in [0.25, 0.3) is 11.8 Å². The molecule has 1 N–H and O–H groups in total. The Bertz CT molecular complexity index is 2840. The van der Waals surface area contributed by atoms with Crippen molar-refractivity contribution in [2.45, 2.75) is 28.5 Å². The summed E-state index contributed by atoms with van der Waals surface area (Å²) in [6, 6.07) is 21.3. The van der Waals surface area contributed by atoms with Crippen LogP contribution in [-0.4, -0.2) is 52.7 Å². The summed E-state index contributed by atoms with van der Waals surface area (Å²) in [6.07, 6.45) is 4.41. The molecule has 16 heteroatoms. The van der Waals surface area contributed by atoms with Gasteiger partial charge in [0, 0.05) is 17.0 Å². The van der Waals surface area contributed by atoms with E-state index in [9.17, 15) is 37.5 Å². The molecule has 0 unspecified atom stereocenters. The second kappa shape index (κ2) is 14.7. The molecule has 0 bridgehead atoms. The van der Waals surface area contributed by atoms with Gasteiger partial charge >= 0.3 is 0 Å². The highest BCUT2D eigenvalue weighted by Crippen LogP contribution is 2.67. The number of aromatic hydroxyl groups is 1. The first kappa shape index (κ1) is 41.1. The maximum atomic E-state index is 15.5. The van der Waals surface area contributed by atoms with Gasteiger partial charge in [0.1, 0.15) is 22.9 Å². The molecule has 0 aromatic heterocycles. The van der Waals surface area contributed by atoms with Gasteiger partial charge < -0.3 is 14.6 Å². The average Bonchev–Trinajstić information content (AvgIpc) is 3.62. The monoisotopic (exact) mass is 888 g/mol. The molecule has 9 rings (SSSR count). The lowest BCUT2D eigenvalue weighted by Gasteiger charge is -2.51. The van der Waals surface area contributed by atoms with E-state index in [1.807, 2.05) is 0 Å². The summed E-state index contributed by atoms with van der Waals surface area (Å²) in [6.45, 7) is 0. The van der Waals surface area contributed by atoms with E-state index >= 15 is 8.78 Å². The number of amides is 4. The molecule has 2 aliphatic heterocycles. The van der Waals surface area contributed by atoms with E-state index in [2.05, 4.69) is 0 Å². The van der Waals surface area contributed by atoms with Gasteiger partial charge in [-0.05, 0) is 71.5 Å². The van der Waals surface area contributed by atoms with Gasteiger partial charge in [0.15, 0.2) is 33.0 Å². The van der Waals surface area contributed by atoms with Crippen LogP contribution in [0.15, 0.2) is 90.5 Å². The second-order valence-electron chi connectivity index (χ2n) is 15.5. The molecule has 62 heavy (non-hydrogen) atoms. The third kappa shape index (κ3) is 5.65. The Balaban J connectivity index is 1.14. The van der Waals surface area contributed by atoms with E-state index in [1.165, 1.54) is 13.2 Å². The number of carbonyl (C=O) groups is 4. The predicted octanol–water partition coefficient (Wildman–Crippen LogP) is 9.20. The highest BCUT2D eigenvalue weighted by molar-refractivity contribution is 6.58. The zero-order chi connectivity index (χ0) is 44.2. The van der Waals surface area contributed by atoms with Crippen LogP contribution in [0.25, 0.3) is 22.9 Å². The van der Waals surface area contributed by atoms with Gasteiger partial charge in [-0.3, -0.25) is 24.1 Å². The Morgan fingerprint density at radius 1 is 0.742 bits per heavy atom. The fraction of sp³-hybridized carbons (Fsp3) is 0.217. The fourth-order valence-electron chi connectivity index (χ4n) is 9.62. The molecule has 1 saturated carbocycles. The number of imide groups is 2. The number of anilines is 2. The maximum absolute atomic E-state index is 15.5. The number of benzene rings is 5. The first-order valence-electron chi connectivity index (χ1n) is 19.2. The maximum Gasteiger partial charge on any atom is 0.258 e. The summed E-state index contributed by atoms with van der Waals surface area (Å²) < 4.78 is 85.3. The van der Waals surface area contributed by atoms with Crippen LogP contribution in [-0.2, 0) is 19.2 Å². The highest BCUT2D eigenvalue weighted by atomic mass is 35.5. The van der Waals surface area contributed by atoms with E-state index in [1.54, 1.807) is 98.1 Å². The van der Waals surface area contributed by atoms with Crippen LogP contribution in [0.2, 0.25) is 0 Å². The molecule has 6 atom stereocenters. The third-order valence-corrected chi connectivity index (χ3v) is 13.9. The van der Waals surface area contributed by atoms with Crippen molar-refractivity contribution < 1.29 is 55.7 Å². The molecule has 5 aromatic rings. The van der Waals surface area contributed by atoms with Gasteiger partial charge in [0.05, 0.1) is 31.7 Å². The number of rotatable bonds is 7. The molecule has 0 spiro atoms. The predicted molar refractivity (Wildman–Crippen MR) is 219 cm³/mol. The third-order valence-electron chi connectivity index (χ3n) is 12.5. The molecule has 2 saturated heterocycles. The fourth-order valence-corrected chi connectivity index (χ4v) is 10.5. The van der Waals surface area contributed by atoms with Crippen molar-refractivity contribution in [2.75, 3.05) is 24.0 Å². The molecule has 2 heterocycles. The first-order valence-corrected chi connectivity index (χ1v) is 19.9. The minimum absolute atomic E-state index is 0.0539. The number of allylic oxidation sites excluding steroid dienone is 2. The van der Waals surface area contributed by atoms with Crippen molar-refractivity contribution >= 4 is 81.1 Å². The van der Waals surface area contributed by atoms with Crippen molar-refractivity contribution in [1.29, 1.82) is 0 Å². The number of phenolic OH excluding ortho intramolecular Hbond substituents is 1. The van der Waals surface area contributed by atoms with Crippen LogP contribution < -0.4 is 19.3 Å². The Morgan fingerprint density at radius 2 is 1.42 bits per heavy atom. The smallest absolute Gasteiger partial charge is 0.258 e. The van der Waals surface area contributed by atoms with Crippen LogP contribution in [0.4, 0.5) is 33.3 Å². The zero-order valence-corrected chi connectivity index (χ0v) is 33.9. The Kier molecular flexibility index (Phi) is 9.75. The molecule has 0 radical (unpaired) electrons. The number of carbonyl (C=O) groups excluding carboxylic acids is 4. The SMILES string of the molecule is COc1ccc(OC)c(C=Cc2ccc(N3C(=O)[C@H]4[C@H](CC=C5[C@H]4C[C@@]4(Cl)C(=O)N(c6c(F)c(F)c(F)c(F)c6F)C(=O)[C@@]4(Cl)[C@H]5c4c(O)ccc5ccccc45)C3=O)cc2)c1. The van der Waals surface area contributed by atoms with Gasteiger partial charge in [0.2, 0.25) is 17.6 Å². The molecule has 316 valence electrons. The summed E-state index contributed by atoms with van der Waals surface area (Å²) >= 11 is 14.6. The van der Waals surface area contributed by atoms with E-state index in [0.717, 1.165) is 10.5 Å². The molecular formula is C46H31Cl2F5N2O7. The van der Waals surface area contributed by atoms with Crippen LogP contribution in [0.5, 0.6) is 17.2 Å². The molecule has 4 aliphatic rings. The topological polar surface area (TPSA) is 113 Å². The van der Waals surface area contributed by atoms with Gasteiger partial charge in [-0.25, -0.2) is 26.9 Å². The van der Waals surface area contributed by atoms with Crippen molar-refractivity contribution in [2.24, 2.45) is 17.8 Å². The number of alkyl halides is 2. The van der Waals surface area contributed by atoms with Crippen LogP contribution >= 0.6 is 23.2 Å². The molecular weight excluding hydrogens is 858 g/mol. The molecule has 5 aromatic carbocycles. The van der Waals surface area contributed by atoms with E-state index in [0.29, 0.717) is 27.8 Å². The minimum atomic E-state index is -2.80. The Morgan fingerprint density at radius 3 is 2.10 bits per heavy atom. The van der Waals surface area contributed by atoms with Crippen LogP contribution in [0.3, 0.4) is 0 Å². The van der Waals surface area contributed by atoms with Crippen LogP contribution in [0, 0.1) is 46.8 Å². The number of fused-ring (bicyclic) bond motifs is 5. The Labute approximate surface area is 359 Å². The molecule has 2 aliphatic carbocycles. The largest absolute Gasteiger partial charge is 0.508 e. The van der Waals surface area contributed by atoms with E-state index in [4.69, 9.17) is 32.7 Å². The lowest BCUT2D eigenvalue weighted by atomic mass is 9.56. The van der Waals surface area contributed by atoms with Crippen molar-refractivity contribution in [3.8, 4) is 17.2 Å². The Hall–Kier alpha value is -6.25. The number of nitrogens with zero attached hydrogens (tertiary/aromatic N) is 2. The van der Waals surface area contributed by atoms with Gasteiger partial charge in [-0.2, -0.15) is 0 Å². The second-order valence-corrected chi connectivity index (χ2v) is 16.7. The standard InChI is InChI=1S/C46H31Cl2F5N2O7/c1-61-25-14-18-31(62-2)23(19-25)10-7-21-8-12-24(13-9-21)54-41(57)28-16-15-27-29(32(28)42(54)58)20-45(47)43(59)55(40-38(52)36(50)35(49)37(51)39(40)53)44(60)46(45,48)34(27)33-26-6-4-3-5-22(26)11-17-30(33)56/h3-15,17-19,28-29,32,34,56H,16,20H2,1-2H3/t28-,29+,32-,34+,45+,46-/m0/s1. The number of ether oxygens (including phenoxy) is 2. The van der Waals surface area contributed by atoms with Crippen LogP contribution in [0.1, 0.15) is 35.4 Å². The van der Waals surface area contributed by atoms with Crippen molar-refractivity contribution in [3.63, 3.8) is 0 Å². The number of hydrogen-bond donors (Lipinski definition) is 1. The lowest BCUT2D eigenvalue weighted by Crippen LogP contribution is -2.60.